The molecule has 1 heterocycles. The van der Waals surface area contributed by atoms with Gasteiger partial charge in [0.2, 0.25) is 0 Å². The number of piperidine rings is 1. The Morgan fingerprint density at radius 2 is 1.75 bits per heavy atom. The molecule has 1 heteroatoms. The lowest BCUT2D eigenvalue weighted by atomic mass is 9.86. The van der Waals surface area contributed by atoms with Crippen LogP contribution < -0.4 is 0 Å². The van der Waals surface area contributed by atoms with Gasteiger partial charge in [-0.1, -0.05) is 44.2 Å². The summed E-state index contributed by atoms with van der Waals surface area (Å²) in [6.07, 6.45) is 2.76. The van der Waals surface area contributed by atoms with Crippen molar-refractivity contribution < 1.29 is 0 Å². The minimum atomic E-state index is 0.860. The van der Waals surface area contributed by atoms with Crippen molar-refractivity contribution in [2.45, 2.75) is 33.2 Å². The van der Waals surface area contributed by atoms with E-state index in [1.807, 2.05) is 0 Å². The van der Waals surface area contributed by atoms with Gasteiger partial charge in [0.15, 0.2) is 0 Å². The first-order valence-corrected chi connectivity index (χ1v) is 6.52. The van der Waals surface area contributed by atoms with Crippen LogP contribution in [-0.2, 0) is 6.54 Å². The van der Waals surface area contributed by atoms with E-state index in [1.165, 1.54) is 31.5 Å². The van der Waals surface area contributed by atoms with Crippen molar-refractivity contribution in [3.8, 4) is 0 Å². The molecule has 1 fully saturated rings. The van der Waals surface area contributed by atoms with Gasteiger partial charge in [-0.15, -0.1) is 0 Å². The third kappa shape index (κ3) is 3.08. The Balaban J connectivity index is 1.82. The van der Waals surface area contributed by atoms with Gasteiger partial charge < -0.3 is 0 Å². The topological polar surface area (TPSA) is 3.24 Å². The van der Waals surface area contributed by atoms with Crippen LogP contribution in [-0.4, -0.2) is 18.0 Å². The lowest BCUT2D eigenvalue weighted by molar-refractivity contribution is 0.152. The van der Waals surface area contributed by atoms with E-state index in [0.29, 0.717) is 0 Å². The molecule has 0 saturated carbocycles. The highest BCUT2D eigenvalue weighted by Gasteiger charge is 2.21. The monoisotopic (exact) mass is 217 g/mol. The van der Waals surface area contributed by atoms with Crippen LogP contribution >= 0.6 is 0 Å². The van der Waals surface area contributed by atoms with Crippen molar-refractivity contribution in [1.82, 2.24) is 4.90 Å². The molecule has 1 nitrogen and oxygen atoms in total. The summed E-state index contributed by atoms with van der Waals surface area (Å²) in [5.74, 6) is 1.81. The van der Waals surface area contributed by atoms with E-state index in [-0.39, 0.29) is 0 Å². The van der Waals surface area contributed by atoms with Crippen LogP contribution in [0.25, 0.3) is 0 Å². The molecule has 0 spiro atoms. The summed E-state index contributed by atoms with van der Waals surface area (Å²) >= 11 is 0. The summed E-state index contributed by atoms with van der Waals surface area (Å²) in [6, 6.07) is 10.8. The molecule has 16 heavy (non-hydrogen) atoms. The SMILES string of the molecule is CC(C)C1CCN(Cc2ccccc2)CC1. The zero-order valence-corrected chi connectivity index (χ0v) is 10.5. The van der Waals surface area contributed by atoms with Crippen LogP contribution in [0.5, 0.6) is 0 Å². The van der Waals surface area contributed by atoms with Gasteiger partial charge in [-0.3, -0.25) is 4.90 Å². The van der Waals surface area contributed by atoms with Crippen molar-refractivity contribution in [1.29, 1.82) is 0 Å². The van der Waals surface area contributed by atoms with E-state index in [0.717, 1.165) is 18.4 Å². The fraction of sp³-hybridized carbons (Fsp3) is 0.600. The van der Waals surface area contributed by atoms with Crippen LogP contribution in [0.3, 0.4) is 0 Å². The van der Waals surface area contributed by atoms with Gasteiger partial charge in [-0.05, 0) is 43.3 Å². The second-order valence-electron chi connectivity index (χ2n) is 5.34. The third-order valence-corrected chi connectivity index (χ3v) is 3.82. The number of hydrogen-bond donors (Lipinski definition) is 0. The largest absolute Gasteiger partial charge is 0.299 e. The molecular formula is C15H23N. The molecule has 0 unspecified atom stereocenters. The number of hydrogen-bond acceptors (Lipinski definition) is 1. The van der Waals surface area contributed by atoms with Gasteiger partial charge in [0, 0.05) is 6.54 Å². The van der Waals surface area contributed by atoms with Crippen LogP contribution in [0.15, 0.2) is 30.3 Å². The molecule has 0 radical (unpaired) electrons. The Bertz CT molecular complexity index is 296. The number of rotatable bonds is 3. The lowest BCUT2D eigenvalue weighted by Gasteiger charge is -2.33. The zero-order chi connectivity index (χ0) is 11.4. The van der Waals surface area contributed by atoms with Crippen LogP contribution in [0.2, 0.25) is 0 Å². The fourth-order valence-electron chi connectivity index (χ4n) is 2.62. The molecule has 88 valence electrons. The van der Waals surface area contributed by atoms with E-state index < -0.39 is 0 Å². The molecule has 1 aliphatic rings. The molecule has 0 atom stereocenters. The Hall–Kier alpha value is -0.820. The number of likely N-dealkylation sites (tertiary alicyclic amines) is 1. The second kappa shape index (κ2) is 5.49. The Kier molecular flexibility index (Phi) is 4.00. The van der Waals surface area contributed by atoms with E-state index in [4.69, 9.17) is 0 Å². The average Bonchev–Trinajstić information content (AvgIpc) is 2.31. The highest BCUT2D eigenvalue weighted by Crippen LogP contribution is 2.25. The van der Waals surface area contributed by atoms with E-state index in [9.17, 15) is 0 Å². The fourth-order valence-corrected chi connectivity index (χ4v) is 2.62. The minimum absolute atomic E-state index is 0.860. The average molecular weight is 217 g/mol. The van der Waals surface area contributed by atoms with Gasteiger partial charge in [-0.2, -0.15) is 0 Å². The van der Waals surface area contributed by atoms with Crippen molar-refractivity contribution in [2.24, 2.45) is 11.8 Å². The van der Waals surface area contributed by atoms with Crippen molar-refractivity contribution >= 4 is 0 Å². The molecule has 0 N–H and O–H groups in total. The van der Waals surface area contributed by atoms with Gasteiger partial charge in [0.1, 0.15) is 0 Å². The van der Waals surface area contributed by atoms with Crippen molar-refractivity contribution in [3.63, 3.8) is 0 Å². The molecule has 0 amide bonds. The summed E-state index contributed by atoms with van der Waals surface area (Å²) in [6.45, 7) is 8.40. The first-order chi connectivity index (χ1) is 7.75. The van der Waals surface area contributed by atoms with Gasteiger partial charge in [-0.25, -0.2) is 0 Å². The Morgan fingerprint density at radius 1 is 1.12 bits per heavy atom. The first kappa shape index (κ1) is 11.7. The van der Waals surface area contributed by atoms with Crippen LogP contribution in [0, 0.1) is 11.8 Å². The maximum atomic E-state index is 2.59. The quantitative estimate of drug-likeness (QED) is 0.748. The van der Waals surface area contributed by atoms with Gasteiger partial charge in [0.25, 0.3) is 0 Å². The van der Waals surface area contributed by atoms with E-state index >= 15 is 0 Å². The Labute approximate surface area is 99.5 Å². The first-order valence-electron chi connectivity index (χ1n) is 6.52. The van der Waals surface area contributed by atoms with E-state index in [2.05, 4.69) is 49.1 Å². The predicted octanol–water partition coefficient (Wildman–Crippen LogP) is 3.55. The molecule has 1 aliphatic heterocycles. The summed E-state index contributed by atoms with van der Waals surface area (Å²) in [7, 11) is 0. The highest BCUT2D eigenvalue weighted by atomic mass is 15.1. The molecule has 0 aromatic heterocycles. The third-order valence-electron chi connectivity index (χ3n) is 3.82. The molecule has 1 aromatic rings. The number of benzene rings is 1. The van der Waals surface area contributed by atoms with Crippen molar-refractivity contribution in [3.05, 3.63) is 35.9 Å². The molecule has 1 aromatic carbocycles. The van der Waals surface area contributed by atoms with Crippen LogP contribution in [0.1, 0.15) is 32.3 Å². The summed E-state index contributed by atoms with van der Waals surface area (Å²) in [5, 5.41) is 0. The molecule has 0 aliphatic carbocycles. The van der Waals surface area contributed by atoms with Gasteiger partial charge in [0.05, 0.1) is 0 Å². The maximum absolute atomic E-state index is 2.59. The Morgan fingerprint density at radius 3 is 2.31 bits per heavy atom. The molecular weight excluding hydrogens is 194 g/mol. The van der Waals surface area contributed by atoms with Crippen LogP contribution in [0.4, 0.5) is 0 Å². The maximum Gasteiger partial charge on any atom is 0.0233 e. The standard InChI is InChI=1S/C15H23N/c1-13(2)15-8-10-16(11-9-15)12-14-6-4-3-5-7-14/h3-7,13,15H,8-12H2,1-2H3. The molecule has 0 bridgehead atoms. The molecule has 1 saturated heterocycles. The normalized spacial score (nSPS) is 19.2. The second-order valence-corrected chi connectivity index (χ2v) is 5.34. The predicted molar refractivity (Wildman–Crippen MR) is 69.3 cm³/mol. The number of nitrogens with zero attached hydrogens (tertiary/aromatic N) is 1. The minimum Gasteiger partial charge on any atom is -0.299 e. The molecule has 2 rings (SSSR count). The summed E-state index contributed by atoms with van der Waals surface area (Å²) in [4.78, 5) is 2.59. The van der Waals surface area contributed by atoms with Crippen molar-refractivity contribution in [2.75, 3.05) is 13.1 Å². The summed E-state index contributed by atoms with van der Waals surface area (Å²) in [5.41, 5.74) is 1.45. The zero-order valence-electron chi connectivity index (χ0n) is 10.5. The van der Waals surface area contributed by atoms with Gasteiger partial charge >= 0.3 is 0 Å². The van der Waals surface area contributed by atoms with E-state index in [1.54, 1.807) is 0 Å². The highest BCUT2D eigenvalue weighted by molar-refractivity contribution is 5.14. The lowest BCUT2D eigenvalue weighted by Crippen LogP contribution is -2.34. The smallest absolute Gasteiger partial charge is 0.0233 e. The summed E-state index contributed by atoms with van der Waals surface area (Å²) < 4.78 is 0.